The van der Waals surface area contributed by atoms with Gasteiger partial charge in [-0.3, -0.25) is 4.79 Å². The van der Waals surface area contributed by atoms with Gasteiger partial charge in [-0.15, -0.1) is 11.3 Å². The van der Waals surface area contributed by atoms with Crippen LogP contribution in [-0.4, -0.2) is 23.5 Å². The Morgan fingerprint density at radius 2 is 1.82 bits per heavy atom. The van der Waals surface area contributed by atoms with E-state index in [0.29, 0.717) is 6.54 Å². The van der Waals surface area contributed by atoms with Crippen molar-refractivity contribution in [2.24, 2.45) is 0 Å². The summed E-state index contributed by atoms with van der Waals surface area (Å²) in [5, 5.41) is 9.71. The summed E-state index contributed by atoms with van der Waals surface area (Å²) in [5.41, 5.74) is 3.20. The number of rotatable bonds is 7. The molecule has 1 amide bonds. The Morgan fingerprint density at radius 3 is 2.61 bits per heavy atom. The van der Waals surface area contributed by atoms with Crippen LogP contribution in [0.5, 0.6) is 0 Å². The van der Waals surface area contributed by atoms with Crippen molar-refractivity contribution in [2.45, 2.75) is 18.9 Å². The Morgan fingerprint density at radius 1 is 1.04 bits per heavy atom. The number of para-hydroxylation sites is 2. The third-order valence-corrected chi connectivity index (χ3v) is 5.93. The summed E-state index contributed by atoms with van der Waals surface area (Å²) in [5.74, 6) is 0.151. The Bertz CT molecular complexity index is 1040. The number of amides is 1. The summed E-state index contributed by atoms with van der Waals surface area (Å²) in [6.45, 7) is 2.59. The molecule has 0 saturated heterocycles. The van der Waals surface area contributed by atoms with E-state index >= 15 is 0 Å². The van der Waals surface area contributed by atoms with Gasteiger partial charge in [0.2, 0.25) is 5.91 Å². The minimum atomic E-state index is -0.298. The smallest absolute Gasteiger partial charge is 0.241 e. The molecule has 0 aliphatic carbocycles. The van der Waals surface area contributed by atoms with Gasteiger partial charge in [0.05, 0.1) is 6.04 Å². The number of thiophene rings is 1. The summed E-state index contributed by atoms with van der Waals surface area (Å²) in [4.78, 5) is 17.2. The Labute approximate surface area is 168 Å². The lowest BCUT2D eigenvalue weighted by Crippen LogP contribution is -2.40. The zero-order valence-corrected chi connectivity index (χ0v) is 16.5. The lowest BCUT2D eigenvalue weighted by atomic mass is 9.96. The van der Waals surface area contributed by atoms with Gasteiger partial charge in [-0.2, -0.15) is 0 Å². The molecule has 2 atom stereocenters. The van der Waals surface area contributed by atoms with Gasteiger partial charge in [0.1, 0.15) is 0 Å². The van der Waals surface area contributed by atoms with Gasteiger partial charge in [-0.25, -0.2) is 0 Å². The molecule has 28 heavy (non-hydrogen) atoms. The highest BCUT2D eigenvalue weighted by Gasteiger charge is 2.21. The molecule has 0 unspecified atom stereocenters. The van der Waals surface area contributed by atoms with Gasteiger partial charge in [-0.05, 0) is 42.1 Å². The molecule has 4 rings (SSSR count). The predicted molar refractivity (Wildman–Crippen MR) is 117 cm³/mol. The third kappa shape index (κ3) is 4.01. The van der Waals surface area contributed by atoms with Crippen molar-refractivity contribution >= 4 is 33.8 Å². The topological polar surface area (TPSA) is 56.9 Å². The summed E-state index contributed by atoms with van der Waals surface area (Å²) >= 11 is 1.75. The van der Waals surface area contributed by atoms with Gasteiger partial charge in [-0.1, -0.05) is 42.5 Å². The minimum Gasteiger partial charge on any atom is -0.361 e. The van der Waals surface area contributed by atoms with E-state index in [0.717, 1.165) is 11.2 Å². The number of benzene rings is 2. The Balaban J connectivity index is 1.50. The van der Waals surface area contributed by atoms with Crippen molar-refractivity contribution in [3.63, 3.8) is 0 Å². The van der Waals surface area contributed by atoms with Crippen LogP contribution < -0.4 is 10.6 Å². The maximum Gasteiger partial charge on any atom is 0.241 e. The fourth-order valence-electron chi connectivity index (χ4n) is 3.39. The summed E-state index contributed by atoms with van der Waals surface area (Å²) in [6, 6.07) is 21.8. The molecule has 4 nitrogen and oxygen atoms in total. The lowest BCUT2D eigenvalue weighted by molar-refractivity contribution is -0.117. The van der Waals surface area contributed by atoms with Crippen molar-refractivity contribution in [3.8, 4) is 0 Å². The Kier molecular flexibility index (Phi) is 5.55. The first-order chi connectivity index (χ1) is 13.7. The number of H-pyrrole nitrogens is 1. The second kappa shape index (κ2) is 8.42. The molecule has 0 radical (unpaired) electrons. The van der Waals surface area contributed by atoms with Crippen LogP contribution in [0.4, 0.5) is 5.69 Å². The number of aromatic nitrogens is 1. The van der Waals surface area contributed by atoms with Crippen LogP contribution in [0.25, 0.3) is 10.9 Å². The average Bonchev–Trinajstić information content (AvgIpc) is 3.40. The van der Waals surface area contributed by atoms with Crippen LogP contribution in [-0.2, 0) is 4.79 Å². The molecular formula is C23H23N3OS. The molecule has 0 spiro atoms. The van der Waals surface area contributed by atoms with E-state index in [1.807, 2.05) is 43.3 Å². The van der Waals surface area contributed by atoms with Crippen molar-refractivity contribution in [3.05, 3.63) is 88.7 Å². The van der Waals surface area contributed by atoms with Crippen LogP contribution >= 0.6 is 11.3 Å². The fraction of sp³-hybridized carbons (Fsp3) is 0.174. The van der Waals surface area contributed by atoms with Gasteiger partial charge < -0.3 is 15.6 Å². The van der Waals surface area contributed by atoms with Gasteiger partial charge >= 0.3 is 0 Å². The van der Waals surface area contributed by atoms with Crippen LogP contribution in [0.3, 0.4) is 0 Å². The number of anilines is 1. The van der Waals surface area contributed by atoms with E-state index in [1.165, 1.54) is 15.8 Å². The van der Waals surface area contributed by atoms with E-state index in [-0.39, 0.29) is 17.9 Å². The van der Waals surface area contributed by atoms with Crippen molar-refractivity contribution in [2.75, 3.05) is 11.9 Å². The highest BCUT2D eigenvalue weighted by atomic mass is 32.1. The predicted octanol–water partition coefficient (Wildman–Crippen LogP) is 4.98. The number of aromatic amines is 1. The van der Waals surface area contributed by atoms with Gasteiger partial charge in [0.25, 0.3) is 0 Å². The number of hydrogen-bond donors (Lipinski definition) is 3. The molecule has 0 bridgehead atoms. The Hall–Kier alpha value is -2.89. The number of fused-ring (bicyclic) bond motifs is 1. The van der Waals surface area contributed by atoms with E-state index in [4.69, 9.17) is 0 Å². The molecule has 0 aliphatic rings. The zero-order chi connectivity index (χ0) is 19.3. The molecule has 5 heteroatoms. The average molecular weight is 390 g/mol. The van der Waals surface area contributed by atoms with Gasteiger partial charge in [0.15, 0.2) is 0 Å². The standard InChI is InChI=1S/C23H23N3OS/c1-16(23(27)26-17-8-3-2-4-9-17)24-15-20(22-12-7-13-28-22)19-14-25-21-11-6-5-10-18(19)21/h2-14,16,20,24-25H,15H2,1H3,(H,26,27)/t16-,20-/m0/s1. The first-order valence-electron chi connectivity index (χ1n) is 9.41. The molecule has 0 aliphatic heterocycles. The number of hydrogen-bond acceptors (Lipinski definition) is 3. The van der Waals surface area contributed by atoms with Crippen molar-refractivity contribution in [1.82, 2.24) is 10.3 Å². The molecule has 4 aromatic rings. The molecule has 0 fully saturated rings. The molecule has 0 saturated carbocycles. The first-order valence-corrected chi connectivity index (χ1v) is 10.3. The summed E-state index contributed by atoms with van der Waals surface area (Å²) in [7, 11) is 0. The lowest BCUT2D eigenvalue weighted by Gasteiger charge is -2.20. The molecule has 2 heterocycles. The second-order valence-corrected chi connectivity index (χ2v) is 7.82. The summed E-state index contributed by atoms with van der Waals surface area (Å²) < 4.78 is 0. The molecule has 142 valence electrons. The minimum absolute atomic E-state index is 0.0324. The van der Waals surface area contributed by atoms with Crippen molar-refractivity contribution < 1.29 is 4.79 Å². The zero-order valence-electron chi connectivity index (χ0n) is 15.7. The third-order valence-electron chi connectivity index (χ3n) is 4.95. The SMILES string of the molecule is C[C@H](NC[C@H](c1cccs1)c1c[nH]c2ccccc12)C(=O)Nc1ccccc1. The normalized spacial score (nSPS) is 13.3. The van der Waals surface area contributed by atoms with E-state index in [9.17, 15) is 4.79 Å². The quantitative estimate of drug-likeness (QED) is 0.418. The highest BCUT2D eigenvalue weighted by molar-refractivity contribution is 7.10. The number of carbonyl (C=O) groups is 1. The second-order valence-electron chi connectivity index (χ2n) is 6.84. The monoisotopic (exact) mass is 389 g/mol. The molecular weight excluding hydrogens is 366 g/mol. The first kappa shape index (κ1) is 18.5. The largest absolute Gasteiger partial charge is 0.361 e. The van der Waals surface area contributed by atoms with E-state index in [2.05, 4.69) is 57.5 Å². The van der Waals surface area contributed by atoms with Crippen LogP contribution in [0.15, 0.2) is 78.3 Å². The number of carbonyl (C=O) groups excluding carboxylic acids is 1. The summed E-state index contributed by atoms with van der Waals surface area (Å²) in [6.07, 6.45) is 2.09. The van der Waals surface area contributed by atoms with E-state index < -0.39 is 0 Å². The fourth-order valence-corrected chi connectivity index (χ4v) is 4.24. The van der Waals surface area contributed by atoms with Crippen LogP contribution in [0.1, 0.15) is 23.3 Å². The highest BCUT2D eigenvalue weighted by Crippen LogP contribution is 2.32. The van der Waals surface area contributed by atoms with Crippen molar-refractivity contribution in [1.29, 1.82) is 0 Å². The van der Waals surface area contributed by atoms with Crippen LogP contribution in [0.2, 0.25) is 0 Å². The molecule has 2 aromatic carbocycles. The maximum atomic E-state index is 12.5. The molecule has 3 N–H and O–H groups in total. The molecule has 2 aromatic heterocycles. The van der Waals surface area contributed by atoms with Crippen LogP contribution in [0, 0.1) is 0 Å². The van der Waals surface area contributed by atoms with Gasteiger partial charge in [0, 0.05) is 40.1 Å². The van der Waals surface area contributed by atoms with E-state index in [1.54, 1.807) is 11.3 Å². The maximum absolute atomic E-state index is 12.5. The number of nitrogens with one attached hydrogen (secondary N) is 3.